The molecule has 0 N–H and O–H groups in total. The maximum Gasteiger partial charge on any atom is 0.257 e. The molecule has 0 bridgehead atoms. The maximum atomic E-state index is 5.41. The summed E-state index contributed by atoms with van der Waals surface area (Å²) in [6, 6.07) is 11.9. The highest BCUT2D eigenvalue weighted by Gasteiger charge is 2.14. The van der Waals surface area contributed by atoms with Gasteiger partial charge >= 0.3 is 0 Å². The predicted octanol–water partition coefficient (Wildman–Crippen LogP) is 4.03. The van der Waals surface area contributed by atoms with Crippen LogP contribution in [0.15, 0.2) is 51.5 Å². The van der Waals surface area contributed by atoms with Crippen molar-refractivity contribution in [3.63, 3.8) is 0 Å². The lowest BCUT2D eigenvalue weighted by Gasteiger charge is -2.01. The summed E-state index contributed by atoms with van der Waals surface area (Å²) in [5, 5.41) is 15.5. The zero-order chi connectivity index (χ0) is 18.6. The van der Waals surface area contributed by atoms with E-state index >= 15 is 0 Å². The molecule has 0 atom stereocenters. The van der Waals surface area contributed by atoms with Gasteiger partial charge in [-0.05, 0) is 29.1 Å². The molecular formula is C18H17N5O2S2. The van der Waals surface area contributed by atoms with Gasteiger partial charge in [0.25, 0.3) is 5.89 Å². The zero-order valence-corrected chi connectivity index (χ0v) is 16.5. The molecule has 9 heteroatoms. The van der Waals surface area contributed by atoms with E-state index in [0.29, 0.717) is 24.1 Å². The number of aromatic nitrogens is 5. The Morgan fingerprint density at radius 3 is 2.96 bits per heavy atom. The summed E-state index contributed by atoms with van der Waals surface area (Å²) in [4.78, 5) is 5.58. The molecule has 1 aromatic carbocycles. The van der Waals surface area contributed by atoms with Crippen molar-refractivity contribution in [2.45, 2.75) is 17.5 Å². The minimum absolute atomic E-state index is 0.501. The van der Waals surface area contributed by atoms with Crippen molar-refractivity contribution in [1.82, 2.24) is 24.9 Å². The summed E-state index contributed by atoms with van der Waals surface area (Å²) in [6.07, 6.45) is 0. The monoisotopic (exact) mass is 399 g/mol. The molecule has 138 valence electrons. The number of thioether (sulfide) groups is 1. The van der Waals surface area contributed by atoms with Crippen LogP contribution >= 0.6 is 23.1 Å². The Labute approximate surface area is 164 Å². The first-order valence-electron chi connectivity index (χ1n) is 8.21. The molecule has 0 aliphatic heterocycles. The average molecular weight is 400 g/mol. The molecule has 3 aromatic heterocycles. The molecular weight excluding hydrogens is 382 g/mol. The van der Waals surface area contributed by atoms with Gasteiger partial charge in [-0.15, -0.1) is 21.5 Å². The average Bonchev–Trinajstić information content (AvgIpc) is 3.42. The van der Waals surface area contributed by atoms with E-state index in [9.17, 15) is 0 Å². The van der Waals surface area contributed by atoms with Crippen LogP contribution in [0.25, 0.3) is 22.2 Å². The number of hydrogen-bond acceptors (Lipinski definition) is 8. The van der Waals surface area contributed by atoms with Gasteiger partial charge in [0.2, 0.25) is 0 Å². The number of benzene rings is 1. The standard InChI is InChI=1S/C18H17N5O2S2/c1-23-16(14-7-4-8-26-14)20-21-18(23)27-11-15-19-17(25-22-15)13-6-3-5-12(9-13)10-24-2/h3-9H,10-11H2,1-2H3. The molecule has 0 unspecified atom stereocenters. The van der Waals surface area contributed by atoms with E-state index in [0.717, 1.165) is 27.0 Å². The number of rotatable bonds is 7. The third-order valence-corrected chi connectivity index (χ3v) is 5.74. The topological polar surface area (TPSA) is 78.9 Å². The van der Waals surface area contributed by atoms with Crippen molar-refractivity contribution in [2.75, 3.05) is 7.11 Å². The van der Waals surface area contributed by atoms with E-state index < -0.39 is 0 Å². The van der Waals surface area contributed by atoms with Crippen molar-refractivity contribution < 1.29 is 9.26 Å². The molecule has 7 nitrogen and oxygen atoms in total. The second kappa shape index (κ2) is 8.03. The Hall–Kier alpha value is -2.49. The Morgan fingerprint density at radius 1 is 1.22 bits per heavy atom. The lowest BCUT2D eigenvalue weighted by molar-refractivity contribution is 0.185. The highest BCUT2D eigenvalue weighted by molar-refractivity contribution is 7.98. The summed E-state index contributed by atoms with van der Waals surface area (Å²) >= 11 is 3.17. The third-order valence-electron chi connectivity index (χ3n) is 3.86. The van der Waals surface area contributed by atoms with Crippen LogP contribution < -0.4 is 0 Å². The molecule has 0 aliphatic carbocycles. The van der Waals surface area contributed by atoms with Crippen LogP contribution in [0.5, 0.6) is 0 Å². The minimum Gasteiger partial charge on any atom is -0.380 e. The third kappa shape index (κ3) is 3.95. The molecule has 27 heavy (non-hydrogen) atoms. The van der Waals surface area contributed by atoms with Gasteiger partial charge in [-0.2, -0.15) is 4.98 Å². The van der Waals surface area contributed by atoms with Crippen molar-refractivity contribution >= 4 is 23.1 Å². The number of nitrogens with zero attached hydrogens (tertiary/aromatic N) is 5. The van der Waals surface area contributed by atoms with Gasteiger partial charge in [-0.25, -0.2) is 0 Å². The second-order valence-electron chi connectivity index (χ2n) is 5.78. The number of thiophene rings is 1. The van der Waals surface area contributed by atoms with Gasteiger partial charge in [0, 0.05) is 19.7 Å². The fraction of sp³-hybridized carbons (Fsp3) is 0.222. The fourth-order valence-electron chi connectivity index (χ4n) is 2.58. The van der Waals surface area contributed by atoms with Crippen LogP contribution in [0.4, 0.5) is 0 Å². The van der Waals surface area contributed by atoms with Gasteiger partial charge in [-0.1, -0.05) is 35.1 Å². The molecule has 0 saturated carbocycles. The van der Waals surface area contributed by atoms with Gasteiger partial charge in [0.1, 0.15) is 0 Å². The van der Waals surface area contributed by atoms with E-state index in [1.165, 1.54) is 11.8 Å². The number of methoxy groups -OCH3 is 1. The van der Waals surface area contributed by atoms with Gasteiger partial charge in [0.05, 0.1) is 17.2 Å². The van der Waals surface area contributed by atoms with Crippen molar-refractivity contribution in [3.8, 4) is 22.2 Å². The van der Waals surface area contributed by atoms with Crippen LogP contribution in [0.3, 0.4) is 0 Å². The van der Waals surface area contributed by atoms with E-state index in [4.69, 9.17) is 9.26 Å². The van der Waals surface area contributed by atoms with Gasteiger partial charge in [0.15, 0.2) is 16.8 Å². The number of ether oxygens (including phenoxy) is 1. The van der Waals surface area contributed by atoms with Crippen LogP contribution in [0, 0.1) is 0 Å². The van der Waals surface area contributed by atoms with Crippen LogP contribution in [0.1, 0.15) is 11.4 Å². The molecule has 0 spiro atoms. The van der Waals surface area contributed by atoms with Gasteiger partial charge < -0.3 is 13.8 Å². The van der Waals surface area contributed by atoms with Crippen molar-refractivity contribution in [3.05, 3.63) is 53.2 Å². The first-order chi connectivity index (χ1) is 13.2. The van der Waals surface area contributed by atoms with E-state index in [1.54, 1.807) is 18.4 Å². The van der Waals surface area contributed by atoms with Crippen LogP contribution in [-0.4, -0.2) is 32.0 Å². The Morgan fingerprint density at radius 2 is 2.15 bits per heavy atom. The lowest BCUT2D eigenvalue weighted by Crippen LogP contribution is -1.94. The highest BCUT2D eigenvalue weighted by atomic mass is 32.2. The Kier molecular flexibility index (Phi) is 5.33. The number of hydrogen-bond donors (Lipinski definition) is 0. The Balaban J connectivity index is 1.45. The first kappa shape index (κ1) is 17.9. The Bertz CT molecular complexity index is 1030. The minimum atomic E-state index is 0.501. The largest absolute Gasteiger partial charge is 0.380 e. The summed E-state index contributed by atoms with van der Waals surface area (Å²) in [5.74, 6) is 2.53. The highest BCUT2D eigenvalue weighted by Crippen LogP contribution is 2.28. The normalized spacial score (nSPS) is 11.2. The van der Waals surface area contributed by atoms with Crippen molar-refractivity contribution in [2.24, 2.45) is 7.05 Å². The molecule has 4 aromatic rings. The quantitative estimate of drug-likeness (QED) is 0.434. The fourth-order valence-corrected chi connectivity index (χ4v) is 4.08. The molecule has 4 rings (SSSR count). The summed E-state index contributed by atoms with van der Waals surface area (Å²) < 4.78 is 12.6. The van der Waals surface area contributed by atoms with E-state index in [1.807, 2.05) is 53.4 Å². The second-order valence-corrected chi connectivity index (χ2v) is 7.67. The maximum absolute atomic E-state index is 5.41. The molecule has 0 radical (unpaired) electrons. The van der Waals surface area contributed by atoms with E-state index in [2.05, 4.69) is 20.3 Å². The van der Waals surface area contributed by atoms with Crippen LogP contribution in [0.2, 0.25) is 0 Å². The smallest absolute Gasteiger partial charge is 0.257 e. The zero-order valence-electron chi connectivity index (χ0n) is 14.8. The van der Waals surface area contributed by atoms with Gasteiger partial charge in [-0.3, -0.25) is 0 Å². The SMILES string of the molecule is COCc1cccc(-c2nc(CSc3nnc(-c4cccs4)n3C)no2)c1. The molecule has 0 saturated heterocycles. The van der Waals surface area contributed by atoms with Crippen LogP contribution in [-0.2, 0) is 24.1 Å². The molecule has 0 fully saturated rings. The van der Waals surface area contributed by atoms with Crippen molar-refractivity contribution in [1.29, 1.82) is 0 Å². The molecule has 0 amide bonds. The molecule has 3 heterocycles. The summed E-state index contributed by atoms with van der Waals surface area (Å²) in [7, 11) is 3.63. The molecule has 0 aliphatic rings. The predicted molar refractivity (Wildman–Crippen MR) is 104 cm³/mol. The van der Waals surface area contributed by atoms with E-state index in [-0.39, 0.29) is 0 Å². The lowest BCUT2D eigenvalue weighted by atomic mass is 10.1. The first-order valence-corrected chi connectivity index (χ1v) is 10.1. The summed E-state index contributed by atoms with van der Waals surface area (Å²) in [5.41, 5.74) is 1.94. The summed E-state index contributed by atoms with van der Waals surface area (Å²) in [6.45, 7) is 0.545.